The number of carbonyl (C=O) groups excluding carboxylic acids is 2. The Bertz CT molecular complexity index is 740. The lowest BCUT2D eigenvalue weighted by atomic mass is 10.1. The molecule has 0 radical (unpaired) electrons. The average Bonchev–Trinajstić information content (AvgIpc) is 2.81. The van der Waals surface area contributed by atoms with Gasteiger partial charge in [-0.3, -0.25) is 14.5 Å². The lowest BCUT2D eigenvalue weighted by Gasteiger charge is -2.14. The molecule has 25 heavy (non-hydrogen) atoms. The fourth-order valence-electron chi connectivity index (χ4n) is 1.94. The molecule has 0 atom stereocenters. The van der Waals surface area contributed by atoms with E-state index >= 15 is 0 Å². The lowest BCUT2D eigenvalue weighted by Crippen LogP contribution is -2.34. The highest BCUT2D eigenvalue weighted by atomic mass is 32.2. The molecular weight excluding hydrogens is 362 g/mol. The zero-order valence-electron chi connectivity index (χ0n) is 13.7. The second-order valence-corrected chi connectivity index (χ2v) is 7.45. The van der Waals surface area contributed by atoms with E-state index < -0.39 is 11.9 Å². The molecule has 1 aromatic rings. The van der Waals surface area contributed by atoms with Crippen LogP contribution in [0.4, 0.5) is 0 Å². The highest BCUT2D eigenvalue weighted by Crippen LogP contribution is 2.32. The molecule has 0 aromatic heterocycles. The first-order valence-corrected chi connectivity index (χ1v) is 8.74. The largest absolute Gasteiger partial charge is 0.478 e. The van der Waals surface area contributed by atoms with Crippen molar-refractivity contribution in [1.82, 2.24) is 4.90 Å². The second-order valence-electron chi connectivity index (χ2n) is 5.77. The van der Waals surface area contributed by atoms with E-state index in [2.05, 4.69) is 0 Å². The Morgan fingerprint density at radius 3 is 2.52 bits per heavy atom. The number of amides is 1. The molecule has 0 bridgehead atoms. The Labute approximate surface area is 154 Å². The van der Waals surface area contributed by atoms with Crippen LogP contribution in [0, 0.1) is 5.92 Å². The Morgan fingerprint density at radius 2 is 1.96 bits per heavy atom. The van der Waals surface area contributed by atoms with Crippen molar-refractivity contribution in [2.24, 2.45) is 5.92 Å². The molecule has 1 amide bonds. The number of thioether (sulfide) groups is 1. The van der Waals surface area contributed by atoms with Crippen molar-refractivity contribution in [3.63, 3.8) is 0 Å². The summed E-state index contributed by atoms with van der Waals surface area (Å²) in [5, 5.41) is 8.89. The Hall–Kier alpha value is -2.19. The van der Waals surface area contributed by atoms with Gasteiger partial charge in [-0.1, -0.05) is 50.0 Å². The quantitative estimate of drug-likeness (QED) is 0.462. The molecule has 132 valence electrons. The van der Waals surface area contributed by atoms with Gasteiger partial charge < -0.3 is 9.84 Å². The smallest absolute Gasteiger partial charge is 0.335 e. The molecule has 6 nitrogen and oxygen atoms in total. The molecule has 0 spiro atoms. The fourth-order valence-corrected chi connectivity index (χ4v) is 3.20. The van der Waals surface area contributed by atoms with Crippen LogP contribution in [-0.4, -0.2) is 45.3 Å². The number of ether oxygens (including phenoxy) is 1. The van der Waals surface area contributed by atoms with Crippen LogP contribution in [0.25, 0.3) is 6.08 Å². The summed E-state index contributed by atoms with van der Waals surface area (Å²) in [6, 6.07) is 6.12. The van der Waals surface area contributed by atoms with E-state index in [1.54, 1.807) is 18.2 Å². The number of thiocarbonyl (C=S) groups is 1. The van der Waals surface area contributed by atoms with E-state index in [1.807, 2.05) is 13.8 Å². The number of aromatic carboxylic acids is 1. The predicted octanol–water partition coefficient (Wildman–Crippen LogP) is 2.79. The van der Waals surface area contributed by atoms with Crippen molar-refractivity contribution in [3.05, 3.63) is 40.3 Å². The number of benzene rings is 1. The summed E-state index contributed by atoms with van der Waals surface area (Å²) in [7, 11) is 0. The molecule has 0 saturated carbocycles. The third kappa shape index (κ3) is 5.14. The predicted molar refractivity (Wildman–Crippen MR) is 99.1 cm³/mol. The van der Waals surface area contributed by atoms with Crippen LogP contribution in [0.15, 0.2) is 29.2 Å². The first kappa shape index (κ1) is 19.1. The van der Waals surface area contributed by atoms with E-state index in [4.69, 9.17) is 22.1 Å². The maximum Gasteiger partial charge on any atom is 0.335 e. The molecule has 0 unspecified atom stereocenters. The monoisotopic (exact) mass is 379 g/mol. The van der Waals surface area contributed by atoms with Gasteiger partial charge in [-0.2, -0.15) is 0 Å². The first-order chi connectivity index (χ1) is 11.8. The van der Waals surface area contributed by atoms with Gasteiger partial charge in [-0.05, 0) is 29.7 Å². The molecular formula is C17H17NO5S2. The number of rotatable bonds is 6. The summed E-state index contributed by atoms with van der Waals surface area (Å²) < 4.78 is 5.37. The average molecular weight is 379 g/mol. The van der Waals surface area contributed by atoms with Gasteiger partial charge in [-0.15, -0.1) is 0 Å². The van der Waals surface area contributed by atoms with Gasteiger partial charge in [0.15, 0.2) is 0 Å². The lowest BCUT2D eigenvalue weighted by molar-refractivity contribution is -0.147. The van der Waals surface area contributed by atoms with E-state index in [-0.39, 0.29) is 23.9 Å². The van der Waals surface area contributed by atoms with Crippen molar-refractivity contribution < 1.29 is 24.2 Å². The van der Waals surface area contributed by atoms with Crippen LogP contribution in [0.2, 0.25) is 0 Å². The summed E-state index contributed by atoms with van der Waals surface area (Å²) in [4.78, 5) is 36.7. The standard InChI is InChI=1S/C17H17NO5S2/c1-10(2)9-23-14(19)8-18-15(20)13(25-17(18)24)7-11-3-5-12(6-4-11)16(21)22/h3-7,10H,8-9H2,1-2H3,(H,21,22)/b13-7-. The van der Waals surface area contributed by atoms with E-state index in [9.17, 15) is 14.4 Å². The van der Waals surface area contributed by atoms with Gasteiger partial charge in [0.25, 0.3) is 5.91 Å². The van der Waals surface area contributed by atoms with E-state index in [0.717, 1.165) is 11.8 Å². The minimum Gasteiger partial charge on any atom is -0.478 e. The van der Waals surface area contributed by atoms with E-state index in [1.165, 1.54) is 17.0 Å². The SMILES string of the molecule is CC(C)COC(=O)CN1C(=O)/C(=C/c2ccc(C(=O)O)cc2)SC1=S. The number of carbonyl (C=O) groups is 3. The number of hydrogen-bond acceptors (Lipinski definition) is 6. The Balaban J connectivity index is 2.06. The number of esters is 1. The zero-order valence-corrected chi connectivity index (χ0v) is 15.4. The first-order valence-electron chi connectivity index (χ1n) is 7.52. The molecule has 0 aliphatic carbocycles. The highest BCUT2D eigenvalue weighted by molar-refractivity contribution is 8.26. The van der Waals surface area contributed by atoms with Crippen molar-refractivity contribution in [2.45, 2.75) is 13.8 Å². The van der Waals surface area contributed by atoms with Gasteiger partial charge >= 0.3 is 11.9 Å². The normalized spacial score (nSPS) is 16.0. The maximum absolute atomic E-state index is 12.4. The highest BCUT2D eigenvalue weighted by Gasteiger charge is 2.33. The molecule has 1 aromatic carbocycles. The van der Waals surface area contributed by atoms with Gasteiger partial charge in [0, 0.05) is 0 Å². The molecule has 1 aliphatic rings. The Morgan fingerprint density at radius 1 is 1.32 bits per heavy atom. The number of carboxylic acids is 1. The van der Waals surface area contributed by atoms with Crippen molar-refractivity contribution in [1.29, 1.82) is 0 Å². The minimum absolute atomic E-state index is 0.164. The molecule has 1 fully saturated rings. The van der Waals surface area contributed by atoms with Crippen LogP contribution < -0.4 is 0 Å². The minimum atomic E-state index is -1.02. The second kappa shape index (κ2) is 8.26. The maximum atomic E-state index is 12.4. The van der Waals surface area contributed by atoms with Crippen LogP contribution in [-0.2, 0) is 14.3 Å². The van der Waals surface area contributed by atoms with Crippen molar-refractivity contribution >= 4 is 52.2 Å². The molecule has 1 heterocycles. The number of nitrogens with zero attached hydrogens (tertiary/aromatic N) is 1. The third-order valence-electron chi connectivity index (χ3n) is 3.19. The summed E-state index contributed by atoms with van der Waals surface area (Å²) in [6.07, 6.45) is 1.62. The molecule has 1 saturated heterocycles. The summed E-state index contributed by atoms with van der Waals surface area (Å²) in [6.45, 7) is 3.92. The topological polar surface area (TPSA) is 83.9 Å². The number of carboxylic acid groups (broad SMARTS) is 1. The van der Waals surface area contributed by atoms with Crippen LogP contribution in [0.3, 0.4) is 0 Å². The van der Waals surface area contributed by atoms with E-state index in [0.29, 0.717) is 21.4 Å². The Kier molecular flexibility index (Phi) is 6.33. The van der Waals surface area contributed by atoms with Gasteiger partial charge in [0.2, 0.25) is 0 Å². The summed E-state index contributed by atoms with van der Waals surface area (Å²) in [5.41, 5.74) is 0.838. The summed E-state index contributed by atoms with van der Waals surface area (Å²) >= 11 is 6.26. The number of hydrogen-bond donors (Lipinski definition) is 1. The molecule has 2 rings (SSSR count). The van der Waals surface area contributed by atoms with Crippen molar-refractivity contribution in [3.8, 4) is 0 Å². The van der Waals surface area contributed by atoms with Crippen LogP contribution in [0.1, 0.15) is 29.8 Å². The van der Waals surface area contributed by atoms with Gasteiger partial charge in [-0.25, -0.2) is 4.79 Å². The fraction of sp³-hybridized carbons (Fsp3) is 0.294. The van der Waals surface area contributed by atoms with Crippen LogP contribution >= 0.6 is 24.0 Å². The molecule has 8 heteroatoms. The van der Waals surface area contributed by atoms with Gasteiger partial charge in [0.05, 0.1) is 17.1 Å². The van der Waals surface area contributed by atoms with Crippen molar-refractivity contribution in [2.75, 3.05) is 13.2 Å². The van der Waals surface area contributed by atoms with Crippen LogP contribution in [0.5, 0.6) is 0 Å². The molecule has 1 aliphatic heterocycles. The summed E-state index contributed by atoms with van der Waals surface area (Å²) in [5.74, 6) is -1.67. The third-order valence-corrected chi connectivity index (χ3v) is 4.57. The molecule has 1 N–H and O–H groups in total. The van der Waals surface area contributed by atoms with Gasteiger partial charge in [0.1, 0.15) is 10.9 Å². The zero-order chi connectivity index (χ0) is 18.6.